The molecule has 3 nitrogen and oxygen atoms in total. The number of pyridine rings is 1. The number of hydrogen-bond donors (Lipinski definition) is 2. The molecule has 1 fully saturated rings. The third-order valence-corrected chi connectivity index (χ3v) is 4.09. The standard InChI is InChI=1S/C17H20N2O/c20-17(9-4-10-17)13-19-16(14-5-2-1-3-6-14)15-7-11-18-12-8-15/h1-3,5-8,11-12,16,19-20H,4,9-10,13H2. The predicted molar refractivity (Wildman–Crippen MR) is 79.3 cm³/mol. The first-order valence-electron chi connectivity index (χ1n) is 7.17. The Morgan fingerprint density at radius 3 is 2.30 bits per heavy atom. The zero-order valence-electron chi connectivity index (χ0n) is 11.5. The van der Waals surface area contributed by atoms with Crippen LogP contribution in [0, 0.1) is 0 Å². The van der Waals surface area contributed by atoms with Gasteiger partial charge in [0.25, 0.3) is 0 Å². The van der Waals surface area contributed by atoms with Crippen LogP contribution in [0.1, 0.15) is 36.4 Å². The first-order valence-corrected chi connectivity index (χ1v) is 7.17. The van der Waals surface area contributed by atoms with Gasteiger partial charge in [-0.25, -0.2) is 0 Å². The van der Waals surface area contributed by atoms with E-state index in [0.29, 0.717) is 6.54 Å². The Balaban J connectivity index is 1.80. The van der Waals surface area contributed by atoms with E-state index in [0.717, 1.165) is 19.3 Å². The van der Waals surface area contributed by atoms with Crippen molar-refractivity contribution < 1.29 is 5.11 Å². The number of aromatic nitrogens is 1. The summed E-state index contributed by atoms with van der Waals surface area (Å²) in [5.74, 6) is 0. The van der Waals surface area contributed by atoms with Crippen molar-refractivity contribution in [3.63, 3.8) is 0 Å². The van der Waals surface area contributed by atoms with E-state index in [1.165, 1.54) is 11.1 Å². The van der Waals surface area contributed by atoms with E-state index in [2.05, 4.69) is 22.4 Å². The van der Waals surface area contributed by atoms with Gasteiger partial charge in [0.15, 0.2) is 0 Å². The summed E-state index contributed by atoms with van der Waals surface area (Å²) in [7, 11) is 0. The quantitative estimate of drug-likeness (QED) is 0.876. The van der Waals surface area contributed by atoms with Crippen molar-refractivity contribution in [2.75, 3.05) is 6.54 Å². The Bertz CT molecular complexity index is 498. The van der Waals surface area contributed by atoms with E-state index in [9.17, 15) is 5.11 Å². The molecular formula is C17H20N2O. The van der Waals surface area contributed by atoms with Crippen LogP contribution in [0.3, 0.4) is 0 Å². The minimum absolute atomic E-state index is 0.101. The SMILES string of the molecule is OC1(CNC(c2ccccc2)c2ccncc2)CCC1. The van der Waals surface area contributed by atoms with Crippen LogP contribution >= 0.6 is 0 Å². The maximum absolute atomic E-state index is 10.3. The molecule has 1 aliphatic rings. The van der Waals surface area contributed by atoms with Gasteiger partial charge in [0.2, 0.25) is 0 Å². The van der Waals surface area contributed by atoms with Crippen LogP contribution in [-0.2, 0) is 0 Å². The Kier molecular flexibility index (Phi) is 3.81. The molecular weight excluding hydrogens is 248 g/mol. The molecule has 0 amide bonds. The molecule has 1 aromatic heterocycles. The van der Waals surface area contributed by atoms with E-state index in [1.54, 1.807) is 0 Å². The fourth-order valence-corrected chi connectivity index (χ4v) is 2.68. The largest absolute Gasteiger partial charge is 0.389 e. The van der Waals surface area contributed by atoms with E-state index in [1.807, 2.05) is 42.7 Å². The number of rotatable bonds is 5. The van der Waals surface area contributed by atoms with E-state index >= 15 is 0 Å². The molecule has 1 heterocycles. The van der Waals surface area contributed by atoms with E-state index in [4.69, 9.17) is 0 Å². The van der Waals surface area contributed by atoms with Gasteiger partial charge < -0.3 is 10.4 Å². The first-order chi connectivity index (χ1) is 9.77. The van der Waals surface area contributed by atoms with Crippen LogP contribution in [0.5, 0.6) is 0 Å². The van der Waals surface area contributed by atoms with Crippen molar-refractivity contribution in [2.24, 2.45) is 0 Å². The second-order valence-electron chi connectivity index (χ2n) is 5.58. The van der Waals surface area contributed by atoms with E-state index < -0.39 is 5.60 Å². The highest BCUT2D eigenvalue weighted by molar-refractivity contribution is 5.30. The van der Waals surface area contributed by atoms with Crippen LogP contribution in [0.25, 0.3) is 0 Å². The number of nitrogens with one attached hydrogen (secondary N) is 1. The maximum atomic E-state index is 10.3. The van der Waals surface area contributed by atoms with Gasteiger partial charge in [-0.15, -0.1) is 0 Å². The highest BCUT2D eigenvalue weighted by Crippen LogP contribution is 2.32. The van der Waals surface area contributed by atoms with Crippen molar-refractivity contribution in [3.05, 3.63) is 66.0 Å². The summed E-state index contributed by atoms with van der Waals surface area (Å²) in [6, 6.07) is 14.5. The molecule has 0 aliphatic heterocycles. The monoisotopic (exact) mass is 268 g/mol. The average Bonchev–Trinajstić information content (AvgIpc) is 2.48. The predicted octanol–water partition coefficient (Wildman–Crippen LogP) is 2.68. The Labute approximate surface area is 119 Å². The first kappa shape index (κ1) is 13.3. The molecule has 0 saturated heterocycles. The second kappa shape index (κ2) is 5.73. The van der Waals surface area contributed by atoms with Crippen LogP contribution in [0.4, 0.5) is 0 Å². The zero-order chi connectivity index (χ0) is 13.8. The molecule has 1 aliphatic carbocycles. The minimum atomic E-state index is -0.514. The fourth-order valence-electron chi connectivity index (χ4n) is 2.68. The summed E-state index contributed by atoms with van der Waals surface area (Å²) in [6.07, 6.45) is 6.55. The van der Waals surface area contributed by atoms with E-state index in [-0.39, 0.29) is 6.04 Å². The molecule has 3 rings (SSSR count). The Morgan fingerprint density at radius 2 is 1.70 bits per heavy atom. The van der Waals surface area contributed by atoms with Crippen molar-refractivity contribution in [1.82, 2.24) is 10.3 Å². The molecule has 20 heavy (non-hydrogen) atoms. The summed E-state index contributed by atoms with van der Waals surface area (Å²) in [5, 5.41) is 13.8. The third-order valence-electron chi connectivity index (χ3n) is 4.09. The summed E-state index contributed by atoms with van der Waals surface area (Å²) in [6.45, 7) is 0.634. The van der Waals surface area contributed by atoms with Crippen LogP contribution in [-0.4, -0.2) is 22.2 Å². The summed E-state index contributed by atoms with van der Waals surface area (Å²) in [4.78, 5) is 4.08. The van der Waals surface area contributed by atoms with Crippen molar-refractivity contribution >= 4 is 0 Å². The average molecular weight is 268 g/mol. The molecule has 1 atom stereocenters. The van der Waals surface area contributed by atoms with Gasteiger partial charge in [0.05, 0.1) is 11.6 Å². The van der Waals surface area contributed by atoms with Gasteiger partial charge in [-0.2, -0.15) is 0 Å². The zero-order valence-corrected chi connectivity index (χ0v) is 11.5. The molecule has 1 unspecified atom stereocenters. The second-order valence-corrected chi connectivity index (χ2v) is 5.58. The minimum Gasteiger partial charge on any atom is -0.389 e. The molecule has 1 aromatic carbocycles. The van der Waals surface area contributed by atoms with Gasteiger partial charge in [-0.3, -0.25) is 4.98 Å². The summed E-state index contributed by atoms with van der Waals surface area (Å²) in [5.41, 5.74) is 1.87. The van der Waals surface area contributed by atoms with Gasteiger partial charge in [-0.05, 0) is 42.5 Å². The van der Waals surface area contributed by atoms with Gasteiger partial charge in [-0.1, -0.05) is 30.3 Å². The topological polar surface area (TPSA) is 45.1 Å². The Morgan fingerprint density at radius 1 is 1.05 bits per heavy atom. The number of hydrogen-bond acceptors (Lipinski definition) is 3. The third kappa shape index (κ3) is 2.89. The summed E-state index contributed by atoms with van der Waals surface area (Å²) < 4.78 is 0. The Hall–Kier alpha value is -1.71. The van der Waals surface area contributed by atoms with Crippen molar-refractivity contribution in [2.45, 2.75) is 30.9 Å². The molecule has 1 saturated carbocycles. The van der Waals surface area contributed by atoms with Crippen LogP contribution in [0.2, 0.25) is 0 Å². The van der Waals surface area contributed by atoms with Crippen LogP contribution in [0.15, 0.2) is 54.9 Å². The van der Waals surface area contributed by atoms with Gasteiger partial charge in [0, 0.05) is 18.9 Å². The lowest BCUT2D eigenvalue weighted by Gasteiger charge is -2.38. The lowest BCUT2D eigenvalue weighted by Crippen LogP contribution is -2.47. The molecule has 2 N–H and O–H groups in total. The highest BCUT2D eigenvalue weighted by Gasteiger charge is 2.34. The molecule has 104 valence electrons. The number of benzene rings is 1. The summed E-state index contributed by atoms with van der Waals surface area (Å²) >= 11 is 0. The molecule has 0 radical (unpaired) electrons. The molecule has 0 bridgehead atoms. The van der Waals surface area contributed by atoms with Gasteiger partial charge >= 0.3 is 0 Å². The van der Waals surface area contributed by atoms with Gasteiger partial charge in [0.1, 0.15) is 0 Å². The lowest BCUT2D eigenvalue weighted by molar-refractivity contribution is -0.0325. The fraction of sp³-hybridized carbons (Fsp3) is 0.353. The van der Waals surface area contributed by atoms with Crippen molar-refractivity contribution in [1.29, 1.82) is 0 Å². The maximum Gasteiger partial charge on any atom is 0.0771 e. The molecule has 0 spiro atoms. The molecule has 3 heteroatoms. The van der Waals surface area contributed by atoms with Crippen LogP contribution < -0.4 is 5.32 Å². The number of aliphatic hydroxyl groups is 1. The number of nitrogens with zero attached hydrogens (tertiary/aromatic N) is 1. The molecule has 2 aromatic rings. The smallest absolute Gasteiger partial charge is 0.0771 e. The highest BCUT2D eigenvalue weighted by atomic mass is 16.3. The lowest BCUT2D eigenvalue weighted by atomic mass is 9.80. The normalized spacial score (nSPS) is 18.2. The van der Waals surface area contributed by atoms with Crippen molar-refractivity contribution in [3.8, 4) is 0 Å².